The Hall–Kier alpha value is -2.35. The van der Waals surface area contributed by atoms with E-state index < -0.39 is 11.4 Å². The molecule has 2 aliphatic rings. The van der Waals surface area contributed by atoms with Crippen molar-refractivity contribution in [3.8, 4) is 17.0 Å². The van der Waals surface area contributed by atoms with Crippen molar-refractivity contribution in [2.75, 3.05) is 33.5 Å². The maximum absolute atomic E-state index is 12.1. The average Bonchev–Trinajstić information content (AvgIpc) is 2.76. The van der Waals surface area contributed by atoms with Crippen molar-refractivity contribution in [1.82, 2.24) is 4.57 Å². The van der Waals surface area contributed by atoms with E-state index in [4.69, 9.17) is 30.9 Å². The van der Waals surface area contributed by atoms with Crippen LogP contribution in [-0.4, -0.2) is 49.2 Å². The van der Waals surface area contributed by atoms with Crippen LogP contribution in [0.3, 0.4) is 0 Å². The van der Waals surface area contributed by atoms with Crippen LogP contribution >= 0.6 is 11.6 Å². The van der Waals surface area contributed by atoms with Crippen molar-refractivity contribution >= 4 is 17.6 Å². The van der Waals surface area contributed by atoms with E-state index in [-0.39, 0.29) is 11.0 Å². The maximum Gasteiger partial charge on any atom is 0.341 e. The Bertz CT molecular complexity index is 1040. The van der Waals surface area contributed by atoms with Gasteiger partial charge in [0, 0.05) is 31.5 Å². The molecule has 34 heavy (non-hydrogen) atoms. The lowest BCUT2D eigenvalue weighted by Gasteiger charge is -2.40. The van der Waals surface area contributed by atoms with E-state index in [1.54, 1.807) is 17.7 Å². The van der Waals surface area contributed by atoms with Crippen molar-refractivity contribution in [3.05, 3.63) is 50.8 Å². The van der Waals surface area contributed by atoms with Crippen LogP contribution in [0, 0.1) is 11.3 Å². The number of carbonyl (C=O) groups is 1. The molecule has 0 unspecified atom stereocenters. The van der Waals surface area contributed by atoms with E-state index in [1.807, 2.05) is 19.9 Å². The van der Waals surface area contributed by atoms with E-state index in [0.29, 0.717) is 55.9 Å². The van der Waals surface area contributed by atoms with Gasteiger partial charge in [-0.15, -0.1) is 0 Å². The van der Waals surface area contributed by atoms with Gasteiger partial charge in [-0.3, -0.25) is 4.79 Å². The van der Waals surface area contributed by atoms with Crippen LogP contribution in [0.1, 0.15) is 50.5 Å². The summed E-state index contributed by atoms with van der Waals surface area (Å²) in [6, 6.07) is 5.03. The summed E-state index contributed by atoms with van der Waals surface area (Å²) < 4.78 is 18.3. The van der Waals surface area contributed by atoms with E-state index in [0.717, 1.165) is 17.0 Å². The molecule has 0 bridgehead atoms. The third-order valence-electron chi connectivity index (χ3n) is 5.21. The molecule has 1 fully saturated rings. The molecule has 0 saturated carbocycles. The van der Waals surface area contributed by atoms with Gasteiger partial charge in [-0.05, 0) is 30.0 Å². The van der Waals surface area contributed by atoms with Crippen LogP contribution in [-0.2, 0) is 22.4 Å². The molecule has 0 aliphatic carbocycles. The lowest BCUT2D eigenvalue weighted by Crippen LogP contribution is -2.50. The number of methoxy groups -OCH3 is 1. The summed E-state index contributed by atoms with van der Waals surface area (Å²) in [5.74, 6) is 0.193. The van der Waals surface area contributed by atoms with Gasteiger partial charge in [-0.1, -0.05) is 46.2 Å². The van der Waals surface area contributed by atoms with Gasteiger partial charge >= 0.3 is 5.97 Å². The molecular weight excluding hydrogens is 458 g/mol. The molecule has 2 aromatic rings. The van der Waals surface area contributed by atoms with Crippen molar-refractivity contribution in [2.24, 2.45) is 11.3 Å². The second kappa shape index (κ2) is 12.4. The van der Waals surface area contributed by atoms with Crippen LogP contribution in [0.15, 0.2) is 29.2 Å². The first-order valence-electron chi connectivity index (χ1n) is 11.7. The van der Waals surface area contributed by atoms with E-state index in [9.17, 15) is 9.59 Å². The first kappa shape index (κ1) is 27.9. The van der Waals surface area contributed by atoms with Gasteiger partial charge < -0.3 is 23.9 Å². The second-order valence-electron chi connectivity index (χ2n) is 9.07. The average molecular weight is 494 g/mol. The standard InChI is InChI=1S/C20H20ClNO6.C4H10.C2H6/c1-26-8-20(9-27-10-20)11-28-18-4-12-2-3-22-7-14(19(24)25)17(23)6-16(22)13(12)5-15(18)21;1-4(2)3;1-2/h4-7H,2-3,8-11H2,1H3,(H,24,25);4H,1-3H3;1-2H3. The fourth-order valence-corrected chi connectivity index (χ4v) is 3.90. The molecule has 2 aliphatic heterocycles. The van der Waals surface area contributed by atoms with Gasteiger partial charge in [-0.25, -0.2) is 4.79 Å². The molecule has 1 aromatic carbocycles. The number of rotatable bonds is 6. The molecule has 8 heteroatoms. The first-order chi connectivity index (χ1) is 16.2. The predicted octanol–water partition coefficient (Wildman–Crippen LogP) is 5.15. The number of aromatic nitrogens is 1. The number of hydrogen-bond acceptors (Lipinski definition) is 5. The topological polar surface area (TPSA) is 87.0 Å². The Morgan fingerprint density at radius 3 is 2.38 bits per heavy atom. The molecule has 1 aromatic heterocycles. The normalized spacial score (nSPS) is 14.9. The third kappa shape index (κ3) is 6.62. The number of benzene rings is 1. The van der Waals surface area contributed by atoms with Gasteiger partial charge in [0.1, 0.15) is 17.9 Å². The van der Waals surface area contributed by atoms with Gasteiger partial charge in [0.05, 0.1) is 36.0 Å². The highest BCUT2D eigenvalue weighted by atomic mass is 35.5. The zero-order chi connectivity index (χ0) is 25.5. The van der Waals surface area contributed by atoms with Crippen LogP contribution in [0.5, 0.6) is 5.75 Å². The molecule has 3 heterocycles. The summed E-state index contributed by atoms with van der Waals surface area (Å²) in [5, 5.41) is 9.60. The summed E-state index contributed by atoms with van der Waals surface area (Å²) in [7, 11) is 1.65. The van der Waals surface area contributed by atoms with Crippen molar-refractivity contribution in [2.45, 2.75) is 47.6 Å². The fourth-order valence-electron chi connectivity index (χ4n) is 3.68. The number of carboxylic acids is 1. The van der Waals surface area contributed by atoms with Crippen molar-refractivity contribution in [3.63, 3.8) is 0 Å². The minimum Gasteiger partial charge on any atom is -0.491 e. The first-order valence-corrected chi connectivity index (χ1v) is 12.0. The van der Waals surface area contributed by atoms with Gasteiger partial charge in [0.2, 0.25) is 0 Å². The van der Waals surface area contributed by atoms with Gasteiger partial charge in [-0.2, -0.15) is 0 Å². The van der Waals surface area contributed by atoms with E-state index in [2.05, 4.69) is 20.8 Å². The SMILES string of the molecule is CC.CC(C)C.COCC1(COc2cc3c(cc2Cl)-c2cc(=O)c(C(=O)O)cn2CC3)COC1. The Morgan fingerprint density at radius 1 is 1.21 bits per heavy atom. The number of halogens is 1. The van der Waals surface area contributed by atoms with Crippen molar-refractivity contribution in [1.29, 1.82) is 0 Å². The van der Waals surface area contributed by atoms with Crippen molar-refractivity contribution < 1.29 is 24.1 Å². The summed E-state index contributed by atoms with van der Waals surface area (Å²) in [5.41, 5.74) is 1.58. The number of aromatic carboxylic acids is 1. The number of ether oxygens (including phenoxy) is 3. The molecule has 1 N–H and O–H groups in total. The van der Waals surface area contributed by atoms with Gasteiger partial charge in [0.25, 0.3) is 0 Å². The molecule has 0 atom stereocenters. The Balaban J connectivity index is 0.000000618. The second-order valence-corrected chi connectivity index (χ2v) is 9.48. The molecule has 4 rings (SSSR count). The summed E-state index contributed by atoms with van der Waals surface area (Å²) >= 11 is 6.45. The predicted molar refractivity (Wildman–Crippen MR) is 134 cm³/mol. The summed E-state index contributed by atoms with van der Waals surface area (Å²) in [6.45, 7) is 13.2. The largest absolute Gasteiger partial charge is 0.491 e. The fraction of sp³-hybridized carbons (Fsp3) is 0.538. The monoisotopic (exact) mass is 493 g/mol. The molecule has 0 radical (unpaired) electrons. The Morgan fingerprint density at radius 2 is 1.85 bits per heavy atom. The molecule has 188 valence electrons. The molecule has 0 amide bonds. The lowest BCUT2D eigenvalue weighted by molar-refractivity contribution is -0.159. The van der Waals surface area contributed by atoms with Crippen LogP contribution < -0.4 is 10.2 Å². The maximum atomic E-state index is 12.1. The van der Waals surface area contributed by atoms with Crippen LogP contribution in [0.2, 0.25) is 5.02 Å². The van der Waals surface area contributed by atoms with Crippen LogP contribution in [0.25, 0.3) is 11.3 Å². The number of pyridine rings is 1. The molecule has 7 nitrogen and oxygen atoms in total. The lowest BCUT2D eigenvalue weighted by atomic mass is 9.88. The number of aryl methyl sites for hydroxylation is 2. The van der Waals surface area contributed by atoms with Crippen LogP contribution in [0.4, 0.5) is 0 Å². The highest BCUT2D eigenvalue weighted by molar-refractivity contribution is 6.32. The quantitative estimate of drug-likeness (QED) is 0.598. The minimum absolute atomic E-state index is 0.152. The zero-order valence-electron chi connectivity index (χ0n) is 20.9. The molecule has 1 saturated heterocycles. The van der Waals surface area contributed by atoms with E-state index in [1.165, 1.54) is 12.3 Å². The van der Waals surface area contributed by atoms with Gasteiger partial charge in [0.15, 0.2) is 5.43 Å². The zero-order valence-corrected chi connectivity index (χ0v) is 21.7. The molecule has 0 spiro atoms. The highest BCUT2D eigenvalue weighted by Gasteiger charge is 2.40. The summed E-state index contributed by atoms with van der Waals surface area (Å²) in [4.78, 5) is 23.3. The number of hydrogen-bond donors (Lipinski definition) is 1. The highest BCUT2D eigenvalue weighted by Crippen LogP contribution is 2.38. The Labute approximate surface area is 206 Å². The number of nitrogens with zero attached hydrogens (tertiary/aromatic N) is 1. The van der Waals surface area contributed by atoms with E-state index >= 15 is 0 Å². The third-order valence-corrected chi connectivity index (χ3v) is 5.51. The number of fused-ring (bicyclic) bond motifs is 3. The smallest absolute Gasteiger partial charge is 0.341 e. The Kier molecular flexibility index (Phi) is 10.2. The molecular formula is C26H36ClNO6. The summed E-state index contributed by atoms with van der Waals surface area (Å²) in [6.07, 6.45) is 2.08. The minimum atomic E-state index is -1.22. The number of carboxylic acid groups (broad SMARTS) is 1.